The summed E-state index contributed by atoms with van der Waals surface area (Å²) in [4.78, 5) is 29.9. The van der Waals surface area contributed by atoms with Crippen molar-refractivity contribution in [3.8, 4) is 17.0 Å². The number of rotatable bonds is 11. The molecule has 0 unspecified atom stereocenters. The molecule has 2 N–H and O–H groups in total. The number of methoxy groups -OCH3 is 2. The smallest absolute Gasteiger partial charge is 0.323 e. The molecule has 0 radical (unpaired) electrons. The van der Waals surface area contributed by atoms with Crippen molar-refractivity contribution in [2.24, 2.45) is 5.18 Å². The Morgan fingerprint density at radius 1 is 1.09 bits per heavy atom. The summed E-state index contributed by atoms with van der Waals surface area (Å²) in [6.45, 7) is 4.51. The molecule has 5 rings (SSSR count). The molecule has 0 atom stereocenters. The number of amides is 1. The van der Waals surface area contributed by atoms with Gasteiger partial charge in [0, 0.05) is 43.2 Å². The van der Waals surface area contributed by atoms with Crippen LogP contribution in [0.4, 0.5) is 5.82 Å². The molecule has 2 aliphatic rings. The predicted octanol–water partition coefficient (Wildman–Crippen LogP) is 6.16. The molecule has 230 valence electrons. The number of ether oxygens (including phenoxy) is 3. The normalized spacial score (nSPS) is 18.9. The highest BCUT2D eigenvalue weighted by Gasteiger charge is 2.28. The van der Waals surface area contributed by atoms with Crippen LogP contribution >= 0.6 is 0 Å². The number of benzene rings is 2. The van der Waals surface area contributed by atoms with Crippen molar-refractivity contribution in [1.82, 2.24) is 9.88 Å². The van der Waals surface area contributed by atoms with Crippen LogP contribution in [0, 0.1) is 17.2 Å². The third kappa shape index (κ3) is 7.03. The van der Waals surface area contributed by atoms with Crippen molar-refractivity contribution < 1.29 is 19.0 Å². The molecule has 2 heterocycles. The zero-order chi connectivity index (χ0) is 31.1. The first-order valence-corrected chi connectivity index (χ1v) is 14.9. The van der Waals surface area contributed by atoms with Crippen LogP contribution in [0.1, 0.15) is 47.9 Å². The highest BCUT2D eigenvalue weighted by Crippen LogP contribution is 2.34. The van der Waals surface area contributed by atoms with E-state index in [4.69, 9.17) is 19.6 Å². The molecule has 1 amide bonds. The van der Waals surface area contributed by atoms with Gasteiger partial charge in [-0.3, -0.25) is 9.69 Å². The Balaban J connectivity index is 1.29. The van der Waals surface area contributed by atoms with Gasteiger partial charge in [-0.2, -0.15) is 0 Å². The number of carbonyl (C=O) groups is 1. The second-order valence-electron chi connectivity index (χ2n) is 11.3. The van der Waals surface area contributed by atoms with Crippen molar-refractivity contribution in [2.45, 2.75) is 64.3 Å². The average molecular weight is 598 g/mol. The summed E-state index contributed by atoms with van der Waals surface area (Å²) in [6, 6.07) is 18.6. The molecule has 44 heavy (non-hydrogen) atoms. The zero-order valence-electron chi connectivity index (χ0n) is 25.5. The van der Waals surface area contributed by atoms with Crippen LogP contribution in [0.25, 0.3) is 11.3 Å². The van der Waals surface area contributed by atoms with E-state index >= 15 is 0 Å². The van der Waals surface area contributed by atoms with E-state index in [1.54, 1.807) is 6.07 Å². The summed E-state index contributed by atoms with van der Waals surface area (Å²) in [5, 5.41) is 12.8. The van der Waals surface area contributed by atoms with Crippen molar-refractivity contribution in [2.75, 3.05) is 26.1 Å². The Bertz CT molecular complexity index is 1550. The molecule has 0 spiro atoms. The number of nitroso groups, excluding NO2 is 1. The lowest BCUT2D eigenvalue weighted by Crippen LogP contribution is -2.42. The average Bonchev–Trinajstić information content (AvgIpc) is 3.07. The number of nitrogens with zero attached hydrogens (tertiary/aromatic N) is 3. The van der Waals surface area contributed by atoms with Gasteiger partial charge < -0.3 is 24.9 Å². The number of fused-ring (bicyclic) bond motifs is 1. The largest absolute Gasteiger partial charge is 0.488 e. The minimum atomic E-state index is -1.11. The van der Waals surface area contributed by atoms with E-state index in [9.17, 15) is 9.70 Å². The van der Waals surface area contributed by atoms with Gasteiger partial charge in [-0.05, 0) is 79.5 Å². The monoisotopic (exact) mass is 597 g/mol. The molecule has 0 saturated heterocycles. The molecule has 10 nitrogen and oxygen atoms in total. The van der Waals surface area contributed by atoms with E-state index in [0.29, 0.717) is 30.3 Å². The molecule has 1 saturated carbocycles. The Morgan fingerprint density at radius 3 is 2.61 bits per heavy atom. The lowest BCUT2D eigenvalue weighted by Gasteiger charge is -2.39. The maximum absolute atomic E-state index is 11.8. The predicted molar refractivity (Wildman–Crippen MR) is 170 cm³/mol. The van der Waals surface area contributed by atoms with E-state index in [1.807, 2.05) is 44.4 Å². The number of carbonyl (C=O) groups excluding carboxylic acids is 1. The number of anilines is 1. The number of nitrogens with one attached hydrogen (secondary N) is 2. The van der Waals surface area contributed by atoms with Gasteiger partial charge in [0.15, 0.2) is 0 Å². The number of hydrogen-bond acceptors (Lipinski definition) is 9. The van der Waals surface area contributed by atoms with Crippen LogP contribution in [-0.4, -0.2) is 54.9 Å². The summed E-state index contributed by atoms with van der Waals surface area (Å²) < 4.78 is 17.2. The number of aromatic nitrogens is 1. The van der Waals surface area contributed by atoms with Crippen molar-refractivity contribution in [1.29, 1.82) is 5.41 Å². The quantitative estimate of drug-likeness (QED) is 0.116. The minimum Gasteiger partial charge on any atom is -0.488 e. The van der Waals surface area contributed by atoms with Gasteiger partial charge in [0.2, 0.25) is 5.88 Å². The van der Waals surface area contributed by atoms with E-state index in [-0.39, 0.29) is 11.5 Å². The number of aryl methyl sites for hydroxylation is 1. The van der Waals surface area contributed by atoms with Gasteiger partial charge in [0.25, 0.3) is 0 Å². The first-order chi connectivity index (χ1) is 21.4. The summed E-state index contributed by atoms with van der Waals surface area (Å²) in [6.07, 6.45) is 6.89. The van der Waals surface area contributed by atoms with E-state index in [2.05, 4.69) is 38.6 Å². The second-order valence-corrected chi connectivity index (χ2v) is 11.3. The molecule has 1 aromatic heterocycles. The first-order valence-electron chi connectivity index (χ1n) is 14.9. The van der Waals surface area contributed by atoms with Gasteiger partial charge in [0.1, 0.15) is 23.7 Å². The van der Waals surface area contributed by atoms with Crippen molar-refractivity contribution >= 4 is 17.9 Å². The van der Waals surface area contributed by atoms with Gasteiger partial charge in [-0.15, -0.1) is 4.91 Å². The molecular weight excluding hydrogens is 558 g/mol. The minimum absolute atomic E-state index is 0.0935. The lowest BCUT2D eigenvalue weighted by atomic mass is 9.89. The standard InChI is InChI=1S/C34H39N5O5/c1-22-6-4-7-28(30-8-5-9-31(36-30)37-34(43-3)29(19-35)33(40)38-41)32(22)44-21-23-10-11-25-20-39(17-16-24(25)18-23)26-12-14-27(42-2)15-13-26/h4-11,18-19,26-27,35H,12-17,20-21H2,1-3H3,(H,36,37)/b34-29-,35-19?/t26-,27+. The second kappa shape index (κ2) is 14.4. The van der Waals surface area contributed by atoms with Crippen molar-refractivity contribution in [3.05, 3.63) is 93.2 Å². The van der Waals surface area contributed by atoms with Crippen LogP contribution < -0.4 is 10.1 Å². The lowest BCUT2D eigenvalue weighted by molar-refractivity contribution is -0.114. The topological polar surface area (TPSA) is 126 Å². The Labute approximate surface area is 257 Å². The maximum atomic E-state index is 11.8. The summed E-state index contributed by atoms with van der Waals surface area (Å²) in [5.74, 6) is -0.112. The number of pyridine rings is 1. The van der Waals surface area contributed by atoms with Crippen molar-refractivity contribution in [3.63, 3.8) is 0 Å². The Morgan fingerprint density at radius 2 is 1.89 bits per heavy atom. The zero-order valence-corrected chi connectivity index (χ0v) is 25.5. The molecule has 10 heteroatoms. The van der Waals surface area contributed by atoms with Gasteiger partial charge in [0.05, 0.1) is 18.9 Å². The fourth-order valence-corrected chi connectivity index (χ4v) is 6.15. The van der Waals surface area contributed by atoms with Crippen LogP contribution in [0.5, 0.6) is 5.75 Å². The third-order valence-electron chi connectivity index (χ3n) is 8.57. The number of hydrogen-bond donors (Lipinski definition) is 2. The SMILES string of the molecule is CO/C(Nc1cccc(-c2cccc(C)c2OCc2ccc3c(c2)CCN([C@H]2CC[C@@H](OC)CC2)C3)n1)=C(/C=N)C(=O)N=O. The fraction of sp³-hybridized carbons (Fsp3) is 0.382. The van der Waals surface area contributed by atoms with E-state index in [0.717, 1.165) is 61.0 Å². The first kappa shape index (κ1) is 31.0. The van der Waals surface area contributed by atoms with Crippen LogP contribution in [0.3, 0.4) is 0 Å². The summed E-state index contributed by atoms with van der Waals surface area (Å²) >= 11 is 0. The van der Waals surface area contributed by atoms with Crippen LogP contribution in [0.15, 0.2) is 71.2 Å². The highest BCUT2D eigenvalue weighted by atomic mass is 16.5. The maximum Gasteiger partial charge on any atom is 0.323 e. The fourth-order valence-electron chi connectivity index (χ4n) is 6.15. The molecule has 0 bridgehead atoms. The molecule has 1 aliphatic carbocycles. The van der Waals surface area contributed by atoms with Crippen LogP contribution in [0.2, 0.25) is 0 Å². The van der Waals surface area contributed by atoms with Gasteiger partial charge >= 0.3 is 5.91 Å². The molecule has 3 aromatic rings. The third-order valence-corrected chi connectivity index (χ3v) is 8.57. The molecule has 1 aliphatic heterocycles. The molecule has 1 fully saturated rings. The Hall–Kier alpha value is -4.41. The van der Waals surface area contributed by atoms with Gasteiger partial charge in [-0.1, -0.05) is 36.4 Å². The summed E-state index contributed by atoms with van der Waals surface area (Å²) in [7, 11) is 3.15. The van der Waals surface area contributed by atoms with E-state index < -0.39 is 5.91 Å². The summed E-state index contributed by atoms with van der Waals surface area (Å²) in [5.41, 5.74) is 6.05. The molecular formula is C34H39N5O5. The Kier molecular flexibility index (Phi) is 10.1. The van der Waals surface area contributed by atoms with Gasteiger partial charge in [-0.25, -0.2) is 4.98 Å². The number of para-hydroxylation sites is 1. The molecule has 2 aromatic carbocycles. The van der Waals surface area contributed by atoms with E-state index in [1.165, 1.54) is 31.1 Å². The van der Waals surface area contributed by atoms with Crippen LogP contribution in [-0.2, 0) is 33.8 Å². The highest BCUT2D eigenvalue weighted by molar-refractivity contribution is 6.12.